The van der Waals surface area contributed by atoms with Crippen LogP contribution in [0.3, 0.4) is 0 Å². The van der Waals surface area contributed by atoms with Crippen molar-refractivity contribution in [2.24, 2.45) is 0 Å². The second-order valence-electron chi connectivity index (χ2n) is 8.05. The minimum Gasteiger partial charge on any atom is -0.444 e. The maximum atomic E-state index is 12.4. The summed E-state index contributed by atoms with van der Waals surface area (Å²) < 4.78 is 5.32. The molecule has 2 N–H and O–H groups in total. The Kier molecular flexibility index (Phi) is 6.98. The summed E-state index contributed by atoms with van der Waals surface area (Å²) >= 11 is 6.14. The lowest BCUT2D eigenvalue weighted by Crippen LogP contribution is -2.41. The highest BCUT2D eigenvalue weighted by molar-refractivity contribution is 6.30. The Morgan fingerprint density at radius 2 is 2.07 bits per heavy atom. The van der Waals surface area contributed by atoms with E-state index in [2.05, 4.69) is 17.6 Å². The molecule has 1 unspecified atom stereocenters. The number of amides is 3. The molecular weight excluding hydrogens is 366 g/mol. The zero-order valence-corrected chi connectivity index (χ0v) is 17.5. The number of hydrogen-bond acceptors (Lipinski definition) is 3. The molecule has 1 aromatic rings. The SMILES string of the molecule is CC(NC(=O)OC(C)(C)C)c1ccc(Cl)cc1CNC(=O)N1CCC[C@H]1C. The lowest BCUT2D eigenvalue weighted by Gasteiger charge is -2.24. The van der Waals surface area contributed by atoms with Crippen LogP contribution >= 0.6 is 11.6 Å². The summed E-state index contributed by atoms with van der Waals surface area (Å²) in [6, 6.07) is 5.37. The van der Waals surface area contributed by atoms with Gasteiger partial charge in [0.05, 0.1) is 6.04 Å². The first-order chi connectivity index (χ1) is 12.6. The van der Waals surface area contributed by atoms with E-state index in [1.165, 1.54) is 0 Å². The van der Waals surface area contributed by atoms with Crippen molar-refractivity contribution in [3.05, 3.63) is 34.3 Å². The van der Waals surface area contributed by atoms with Gasteiger partial charge in [-0.2, -0.15) is 0 Å². The molecule has 1 heterocycles. The Morgan fingerprint density at radius 1 is 1.37 bits per heavy atom. The first kappa shape index (κ1) is 21.4. The normalized spacial score (nSPS) is 18.1. The molecule has 0 bridgehead atoms. The number of benzene rings is 1. The van der Waals surface area contributed by atoms with E-state index in [4.69, 9.17) is 16.3 Å². The molecule has 0 aromatic heterocycles. The Morgan fingerprint density at radius 3 is 2.67 bits per heavy atom. The van der Waals surface area contributed by atoms with Gasteiger partial charge in [-0.25, -0.2) is 9.59 Å². The Balaban J connectivity index is 2.05. The van der Waals surface area contributed by atoms with Gasteiger partial charge in [0.15, 0.2) is 0 Å². The topological polar surface area (TPSA) is 70.7 Å². The van der Waals surface area contributed by atoms with Gasteiger partial charge in [-0.15, -0.1) is 0 Å². The summed E-state index contributed by atoms with van der Waals surface area (Å²) in [6.45, 7) is 10.5. The maximum absolute atomic E-state index is 12.4. The van der Waals surface area contributed by atoms with Crippen LogP contribution in [-0.4, -0.2) is 35.2 Å². The van der Waals surface area contributed by atoms with Crippen LogP contribution in [0.1, 0.15) is 64.6 Å². The van der Waals surface area contributed by atoms with Crippen molar-refractivity contribution in [2.75, 3.05) is 6.54 Å². The summed E-state index contributed by atoms with van der Waals surface area (Å²) in [5.41, 5.74) is 1.19. The van der Waals surface area contributed by atoms with Crippen LogP contribution in [0, 0.1) is 0 Å². The second kappa shape index (κ2) is 8.83. The standard InChI is InChI=1S/C20H30ClN3O3/c1-13-7-6-10-24(13)18(25)22-12-15-11-16(21)8-9-17(15)14(2)23-19(26)27-20(3,4)5/h8-9,11,13-14H,6-7,10,12H2,1-5H3,(H,22,25)(H,23,26)/t13-,14?/m1/s1. The average Bonchev–Trinajstić information content (AvgIpc) is 2.96. The molecule has 27 heavy (non-hydrogen) atoms. The van der Waals surface area contributed by atoms with Crippen molar-refractivity contribution in [1.29, 1.82) is 0 Å². The number of likely N-dealkylation sites (tertiary alicyclic amines) is 1. The summed E-state index contributed by atoms with van der Waals surface area (Å²) in [5.74, 6) is 0. The summed E-state index contributed by atoms with van der Waals surface area (Å²) in [4.78, 5) is 26.3. The molecule has 150 valence electrons. The zero-order valence-electron chi connectivity index (χ0n) is 16.8. The third-order valence-corrected chi connectivity index (χ3v) is 4.78. The highest BCUT2D eigenvalue weighted by atomic mass is 35.5. The highest BCUT2D eigenvalue weighted by Crippen LogP contribution is 2.23. The van der Waals surface area contributed by atoms with Crippen LogP contribution in [0.2, 0.25) is 5.02 Å². The molecular formula is C20H30ClN3O3. The molecule has 0 radical (unpaired) electrons. The van der Waals surface area contributed by atoms with E-state index in [1.54, 1.807) is 6.07 Å². The molecule has 6 nitrogen and oxygen atoms in total. The Labute approximate surface area is 166 Å². The van der Waals surface area contributed by atoms with Gasteiger partial charge in [0.1, 0.15) is 5.60 Å². The van der Waals surface area contributed by atoms with Gasteiger partial charge in [-0.3, -0.25) is 0 Å². The van der Waals surface area contributed by atoms with Crippen molar-refractivity contribution in [3.63, 3.8) is 0 Å². The van der Waals surface area contributed by atoms with Crippen LogP contribution in [0.5, 0.6) is 0 Å². The van der Waals surface area contributed by atoms with Crippen molar-refractivity contribution in [3.8, 4) is 0 Å². The van der Waals surface area contributed by atoms with Crippen molar-refractivity contribution < 1.29 is 14.3 Å². The van der Waals surface area contributed by atoms with Gasteiger partial charge in [0, 0.05) is 24.2 Å². The Hall–Kier alpha value is -1.95. The van der Waals surface area contributed by atoms with E-state index in [-0.39, 0.29) is 18.1 Å². The number of rotatable bonds is 4. The molecule has 1 saturated heterocycles. The fourth-order valence-corrected chi connectivity index (χ4v) is 3.41. The smallest absolute Gasteiger partial charge is 0.408 e. The fraction of sp³-hybridized carbons (Fsp3) is 0.600. The molecule has 7 heteroatoms. The molecule has 1 aromatic carbocycles. The van der Waals surface area contributed by atoms with Crippen LogP contribution in [0.15, 0.2) is 18.2 Å². The molecule has 1 aliphatic rings. The number of nitrogens with zero attached hydrogens (tertiary/aromatic N) is 1. The lowest BCUT2D eigenvalue weighted by molar-refractivity contribution is 0.0507. The number of alkyl carbamates (subject to hydrolysis) is 1. The molecule has 1 aliphatic heterocycles. The first-order valence-corrected chi connectivity index (χ1v) is 9.77. The molecule has 3 amide bonds. The van der Waals surface area contributed by atoms with Gasteiger partial charge >= 0.3 is 12.1 Å². The predicted molar refractivity (Wildman–Crippen MR) is 107 cm³/mol. The van der Waals surface area contributed by atoms with E-state index in [9.17, 15) is 9.59 Å². The predicted octanol–water partition coefficient (Wildman–Crippen LogP) is 4.62. The average molecular weight is 396 g/mol. The summed E-state index contributed by atoms with van der Waals surface area (Å²) in [7, 11) is 0. The van der Waals surface area contributed by atoms with E-state index >= 15 is 0 Å². The molecule has 0 spiro atoms. The molecule has 2 atom stereocenters. The number of hydrogen-bond donors (Lipinski definition) is 2. The van der Waals surface area contributed by atoms with E-state index in [1.807, 2.05) is 44.7 Å². The molecule has 0 saturated carbocycles. The van der Waals surface area contributed by atoms with Crippen molar-refractivity contribution in [1.82, 2.24) is 15.5 Å². The third kappa shape index (κ3) is 6.31. The Bertz CT molecular complexity index is 688. The third-order valence-electron chi connectivity index (χ3n) is 4.55. The first-order valence-electron chi connectivity index (χ1n) is 9.39. The second-order valence-corrected chi connectivity index (χ2v) is 8.49. The zero-order chi connectivity index (χ0) is 20.2. The molecule has 1 fully saturated rings. The van der Waals surface area contributed by atoms with Crippen LogP contribution in [0.25, 0.3) is 0 Å². The van der Waals surface area contributed by atoms with Crippen molar-refractivity contribution >= 4 is 23.7 Å². The number of ether oxygens (including phenoxy) is 1. The van der Waals surface area contributed by atoms with Gasteiger partial charge in [0.25, 0.3) is 0 Å². The summed E-state index contributed by atoms with van der Waals surface area (Å²) in [5, 5.41) is 6.39. The van der Waals surface area contributed by atoms with Crippen molar-refractivity contribution in [2.45, 2.75) is 71.7 Å². The number of nitrogens with one attached hydrogen (secondary N) is 2. The largest absolute Gasteiger partial charge is 0.444 e. The number of carbonyl (C=O) groups is 2. The minimum absolute atomic E-state index is 0.0707. The minimum atomic E-state index is -0.562. The summed E-state index contributed by atoms with van der Waals surface area (Å²) in [6.07, 6.45) is 1.59. The van der Waals surface area contributed by atoms with E-state index in [0.29, 0.717) is 11.6 Å². The number of urea groups is 1. The van der Waals surface area contributed by atoms with Crippen LogP contribution in [0.4, 0.5) is 9.59 Å². The fourth-order valence-electron chi connectivity index (χ4n) is 3.22. The monoisotopic (exact) mass is 395 g/mol. The van der Waals surface area contributed by atoms with Gasteiger partial charge < -0.3 is 20.3 Å². The van der Waals surface area contributed by atoms with Crippen LogP contribution < -0.4 is 10.6 Å². The number of halogens is 1. The van der Waals surface area contributed by atoms with Crippen LogP contribution in [-0.2, 0) is 11.3 Å². The lowest BCUT2D eigenvalue weighted by atomic mass is 10.0. The van der Waals surface area contributed by atoms with E-state index < -0.39 is 11.7 Å². The number of carbonyl (C=O) groups excluding carboxylic acids is 2. The maximum Gasteiger partial charge on any atom is 0.408 e. The van der Waals surface area contributed by atoms with E-state index in [0.717, 1.165) is 30.5 Å². The van der Waals surface area contributed by atoms with Gasteiger partial charge in [0.2, 0.25) is 0 Å². The molecule has 0 aliphatic carbocycles. The highest BCUT2D eigenvalue weighted by Gasteiger charge is 2.25. The quantitative estimate of drug-likeness (QED) is 0.781. The van der Waals surface area contributed by atoms with Gasteiger partial charge in [-0.05, 0) is 70.7 Å². The van der Waals surface area contributed by atoms with Gasteiger partial charge in [-0.1, -0.05) is 17.7 Å². The molecule has 2 rings (SSSR count).